The summed E-state index contributed by atoms with van der Waals surface area (Å²) in [5, 5.41) is 4.48. The predicted octanol–water partition coefficient (Wildman–Crippen LogP) is 3.13. The number of anilines is 2. The molecule has 0 unspecified atom stereocenters. The molecule has 0 aliphatic heterocycles. The van der Waals surface area contributed by atoms with Crippen LogP contribution in [0.5, 0.6) is 0 Å². The van der Waals surface area contributed by atoms with E-state index in [-0.39, 0.29) is 16.5 Å². The number of aromatic nitrogens is 1. The summed E-state index contributed by atoms with van der Waals surface area (Å²) in [5.74, 6) is -0.155. The number of rotatable bonds is 6. The standard InChI is InChI=1S/C17H15N3O3S2/c21-16(19-14-7-9-18-10-8-14)12-13-3-5-15(6-4-13)20-25(22,23)17-2-1-11-24-17/h1-11,20H,12H2,(H,18,19,21). The molecule has 6 nitrogen and oxygen atoms in total. The minimum atomic E-state index is -3.56. The number of sulfonamides is 1. The van der Waals surface area contributed by atoms with Crippen LogP contribution in [-0.2, 0) is 21.2 Å². The Morgan fingerprint density at radius 2 is 1.72 bits per heavy atom. The third kappa shape index (κ3) is 4.65. The largest absolute Gasteiger partial charge is 0.326 e. The minimum absolute atomic E-state index is 0.155. The van der Waals surface area contributed by atoms with Crippen LogP contribution in [0, 0.1) is 0 Å². The van der Waals surface area contributed by atoms with Crippen molar-refractivity contribution in [2.24, 2.45) is 0 Å². The first-order valence-corrected chi connectivity index (χ1v) is 9.74. The van der Waals surface area contributed by atoms with E-state index in [4.69, 9.17) is 0 Å². The van der Waals surface area contributed by atoms with Crippen LogP contribution >= 0.6 is 11.3 Å². The molecule has 8 heteroatoms. The van der Waals surface area contributed by atoms with E-state index in [2.05, 4.69) is 15.0 Å². The number of nitrogens with zero attached hydrogens (tertiary/aromatic N) is 1. The average molecular weight is 373 g/mol. The molecule has 1 aromatic carbocycles. The molecule has 3 rings (SSSR count). The third-order valence-electron chi connectivity index (χ3n) is 3.29. The number of thiophene rings is 1. The highest BCUT2D eigenvalue weighted by molar-refractivity contribution is 7.94. The maximum Gasteiger partial charge on any atom is 0.271 e. The number of pyridine rings is 1. The van der Waals surface area contributed by atoms with E-state index in [1.165, 1.54) is 0 Å². The maximum atomic E-state index is 12.2. The molecule has 0 saturated heterocycles. The van der Waals surface area contributed by atoms with E-state index in [1.54, 1.807) is 66.3 Å². The molecule has 0 atom stereocenters. The van der Waals surface area contributed by atoms with Gasteiger partial charge in [-0.05, 0) is 41.3 Å². The zero-order valence-electron chi connectivity index (χ0n) is 13.0. The van der Waals surface area contributed by atoms with Crippen LogP contribution in [0.25, 0.3) is 0 Å². The zero-order chi connectivity index (χ0) is 17.7. The molecule has 0 aliphatic carbocycles. The molecule has 128 valence electrons. The van der Waals surface area contributed by atoms with Crippen molar-refractivity contribution in [1.82, 2.24) is 4.98 Å². The highest BCUT2D eigenvalue weighted by Gasteiger charge is 2.15. The quantitative estimate of drug-likeness (QED) is 0.695. The minimum Gasteiger partial charge on any atom is -0.326 e. The van der Waals surface area contributed by atoms with Crippen molar-refractivity contribution in [3.63, 3.8) is 0 Å². The monoisotopic (exact) mass is 373 g/mol. The lowest BCUT2D eigenvalue weighted by atomic mass is 10.1. The highest BCUT2D eigenvalue weighted by Crippen LogP contribution is 2.20. The van der Waals surface area contributed by atoms with Crippen molar-refractivity contribution < 1.29 is 13.2 Å². The summed E-state index contributed by atoms with van der Waals surface area (Å²) in [4.78, 5) is 15.9. The normalized spacial score (nSPS) is 11.0. The fourth-order valence-electron chi connectivity index (χ4n) is 2.14. The smallest absolute Gasteiger partial charge is 0.271 e. The topological polar surface area (TPSA) is 88.2 Å². The maximum absolute atomic E-state index is 12.2. The fraction of sp³-hybridized carbons (Fsp3) is 0.0588. The summed E-state index contributed by atoms with van der Waals surface area (Å²) < 4.78 is 27.1. The molecule has 25 heavy (non-hydrogen) atoms. The Kier molecular flexibility index (Phi) is 5.11. The Bertz CT molecular complexity index is 939. The summed E-state index contributed by atoms with van der Waals surface area (Å²) in [7, 11) is -3.56. The molecule has 0 radical (unpaired) electrons. The van der Waals surface area contributed by atoms with Crippen molar-refractivity contribution >= 4 is 38.6 Å². The van der Waals surface area contributed by atoms with E-state index in [1.807, 2.05) is 0 Å². The molecular formula is C17H15N3O3S2. The summed E-state index contributed by atoms with van der Waals surface area (Å²) >= 11 is 1.15. The first kappa shape index (κ1) is 17.1. The number of nitrogens with one attached hydrogen (secondary N) is 2. The molecular weight excluding hydrogens is 358 g/mol. The van der Waals surface area contributed by atoms with Gasteiger partial charge >= 0.3 is 0 Å². The lowest BCUT2D eigenvalue weighted by Gasteiger charge is -2.08. The van der Waals surface area contributed by atoms with Crippen LogP contribution < -0.4 is 10.0 Å². The third-order valence-corrected chi connectivity index (χ3v) is 6.07. The van der Waals surface area contributed by atoms with Crippen molar-refractivity contribution in [1.29, 1.82) is 0 Å². The van der Waals surface area contributed by atoms with Gasteiger partial charge in [0.2, 0.25) is 5.91 Å². The van der Waals surface area contributed by atoms with Gasteiger partial charge in [-0.2, -0.15) is 0 Å². The van der Waals surface area contributed by atoms with Gasteiger partial charge in [0.25, 0.3) is 10.0 Å². The van der Waals surface area contributed by atoms with Crippen molar-refractivity contribution in [3.8, 4) is 0 Å². The van der Waals surface area contributed by atoms with Gasteiger partial charge in [-0.15, -0.1) is 11.3 Å². The molecule has 0 bridgehead atoms. The zero-order valence-corrected chi connectivity index (χ0v) is 14.7. The van der Waals surface area contributed by atoms with Crippen LogP contribution in [-0.4, -0.2) is 19.3 Å². The van der Waals surface area contributed by atoms with Gasteiger partial charge in [-0.3, -0.25) is 14.5 Å². The Morgan fingerprint density at radius 3 is 2.36 bits per heavy atom. The number of amides is 1. The van der Waals surface area contributed by atoms with Crippen molar-refractivity contribution in [3.05, 3.63) is 71.9 Å². The Labute approximate surface area is 149 Å². The van der Waals surface area contributed by atoms with E-state index in [9.17, 15) is 13.2 Å². The van der Waals surface area contributed by atoms with Gasteiger partial charge in [-0.1, -0.05) is 18.2 Å². The SMILES string of the molecule is O=C(Cc1ccc(NS(=O)(=O)c2cccs2)cc1)Nc1ccncc1. The van der Waals surface area contributed by atoms with Gasteiger partial charge in [0, 0.05) is 23.8 Å². The van der Waals surface area contributed by atoms with Gasteiger partial charge < -0.3 is 5.32 Å². The second-order valence-corrected chi connectivity index (χ2v) is 8.05. The molecule has 2 heterocycles. The van der Waals surface area contributed by atoms with Crippen LogP contribution in [0.2, 0.25) is 0 Å². The number of hydrogen-bond acceptors (Lipinski definition) is 5. The first-order chi connectivity index (χ1) is 12.0. The predicted molar refractivity (Wildman–Crippen MR) is 98.1 cm³/mol. The van der Waals surface area contributed by atoms with E-state index in [0.717, 1.165) is 16.9 Å². The van der Waals surface area contributed by atoms with Crippen LogP contribution in [0.15, 0.2) is 70.5 Å². The van der Waals surface area contributed by atoms with E-state index >= 15 is 0 Å². The van der Waals surface area contributed by atoms with Crippen molar-refractivity contribution in [2.75, 3.05) is 10.0 Å². The summed E-state index contributed by atoms with van der Waals surface area (Å²) in [6.45, 7) is 0. The lowest BCUT2D eigenvalue weighted by molar-refractivity contribution is -0.115. The Morgan fingerprint density at radius 1 is 1.00 bits per heavy atom. The summed E-state index contributed by atoms with van der Waals surface area (Å²) in [6.07, 6.45) is 3.40. The second-order valence-electron chi connectivity index (χ2n) is 5.20. The van der Waals surface area contributed by atoms with E-state index < -0.39 is 10.0 Å². The van der Waals surface area contributed by atoms with Gasteiger partial charge in [0.15, 0.2) is 0 Å². The van der Waals surface area contributed by atoms with Crippen LogP contribution in [0.4, 0.5) is 11.4 Å². The molecule has 0 aliphatic rings. The average Bonchev–Trinajstić information content (AvgIpc) is 3.13. The Hall–Kier alpha value is -2.71. The molecule has 3 aromatic rings. The van der Waals surface area contributed by atoms with Crippen LogP contribution in [0.1, 0.15) is 5.56 Å². The van der Waals surface area contributed by atoms with Crippen LogP contribution in [0.3, 0.4) is 0 Å². The molecule has 0 spiro atoms. The first-order valence-electron chi connectivity index (χ1n) is 7.38. The van der Waals surface area contributed by atoms with Gasteiger partial charge in [0.05, 0.1) is 6.42 Å². The number of carbonyl (C=O) groups is 1. The molecule has 0 saturated carbocycles. The fourth-order valence-corrected chi connectivity index (χ4v) is 4.19. The Balaban J connectivity index is 1.61. The molecule has 0 fully saturated rings. The lowest BCUT2D eigenvalue weighted by Crippen LogP contribution is -2.14. The number of hydrogen-bond donors (Lipinski definition) is 2. The summed E-state index contributed by atoms with van der Waals surface area (Å²) in [6, 6.07) is 13.4. The molecule has 1 amide bonds. The van der Waals surface area contributed by atoms with Crippen molar-refractivity contribution in [2.45, 2.75) is 10.6 Å². The van der Waals surface area contributed by atoms with Gasteiger partial charge in [-0.25, -0.2) is 8.42 Å². The number of benzene rings is 1. The summed E-state index contributed by atoms with van der Waals surface area (Å²) in [5.41, 5.74) is 1.91. The molecule has 2 aromatic heterocycles. The van der Waals surface area contributed by atoms with E-state index in [0.29, 0.717) is 11.4 Å². The second kappa shape index (κ2) is 7.45. The molecule has 2 N–H and O–H groups in total. The highest BCUT2D eigenvalue weighted by atomic mass is 32.2. The van der Waals surface area contributed by atoms with Gasteiger partial charge in [0.1, 0.15) is 4.21 Å². The number of carbonyl (C=O) groups excluding carboxylic acids is 1.